The van der Waals surface area contributed by atoms with E-state index in [-0.39, 0.29) is 24.5 Å². The molecule has 0 radical (unpaired) electrons. The van der Waals surface area contributed by atoms with Gasteiger partial charge in [-0.25, -0.2) is 0 Å². The second-order valence-electron chi connectivity index (χ2n) is 6.29. The number of carbonyl (C=O) groups is 2. The number of esters is 1. The second-order valence-corrected chi connectivity index (χ2v) is 6.29. The zero-order chi connectivity index (χ0) is 14.6. The first kappa shape index (κ1) is 16.0. The molecule has 0 aromatic heterocycles. The summed E-state index contributed by atoms with van der Waals surface area (Å²) in [4.78, 5) is 25.6. The smallest absolute Gasteiger partial charge is 0.326 e. The summed E-state index contributed by atoms with van der Waals surface area (Å²) >= 11 is 0. The van der Waals surface area contributed by atoms with Crippen molar-refractivity contribution in [3.63, 3.8) is 0 Å². The van der Waals surface area contributed by atoms with Crippen LogP contribution < -0.4 is 5.73 Å². The molecule has 5 nitrogen and oxygen atoms in total. The van der Waals surface area contributed by atoms with Gasteiger partial charge in [0, 0.05) is 6.04 Å². The van der Waals surface area contributed by atoms with Gasteiger partial charge in [0.2, 0.25) is 5.91 Å². The maximum atomic E-state index is 12.2. The summed E-state index contributed by atoms with van der Waals surface area (Å²) in [6.45, 7) is 7.39. The third-order valence-electron chi connectivity index (χ3n) is 3.24. The third kappa shape index (κ3) is 5.19. The highest BCUT2D eigenvalue weighted by Gasteiger charge is 2.30. The number of hydrogen-bond acceptors (Lipinski definition) is 4. The van der Waals surface area contributed by atoms with Crippen molar-refractivity contribution in [1.82, 2.24) is 4.90 Å². The van der Waals surface area contributed by atoms with Crippen molar-refractivity contribution in [3.05, 3.63) is 0 Å². The zero-order valence-electron chi connectivity index (χ0n) is 12.4. The minimum Gasteiger partial charge on any atom is -0.459 e. The standard InChI is InChI=1S/C14H26N2O3/c1-10-7-5-6-8-11(15)13(18)16(10)9-12(17)19-14(2,3)4/h10-11H,5-9,15H2,1-4H3. The van der Waals surface area contributed by atoms with Gasteiger partial charge in [-0.2, -0.15) is 0 Å². The lowest BCUT2D eigenvalue weighted by atomic mass is 10.00. The van der Waals surface area contributed by atoms with E-state index in [1.165, 1.54) is 0 Å². The lowest BCUT2D eigenvalue weighted by Crippen LogP contribution is -2.51. The SMILES string of the molecule is CC1CCCCC(N)C(=O)N1CC(=O)OC(C)(C)C. The van der Waals surface area contributed by atoms with Gasteiger partial charge in [-0.15, -0.1) is 0 Å². The van der Waals surface area contributed by atoms with E-state index in [1.807, 2.05) is 27.7 Å². The Balaban J connectivity index is 2.70. The largest absolute Gasteiger partial charge is 0.459 e. The molecule has 0 bridgehead atoms. The first-order valence-corrected chi connectivity index (χ1v) is 6.98. The average molecular weight is 270 g/mol. The molecule has 1 rings (SSSR count). The molecular formula is C14H26N2O3. The van der Waals surface area contributed by atoms with Gasteiger partial charge in [0.15, 0.2) is 0 Å². The predicted molar refractivity (Wildman–Crippen MR) is 73.5 cm³/mol. The van der Waals surface area contributed by atoms with Gasteiger partial charge in [-0.05, 0) is 40.5 Å². The van der Waals surface area contributed by atoms with Crippen LogP contribution in [0.2, 0.25) is 0 Å². The van der Waals surface area contributed by atoms with Crippen LogP contribution in [0.4, 0.5) is 0 Å². The molecule has 19 heavy (non-hydrogen) atoms. The first-order valence-electron chi connectivity index (χ1n) is 6.98. The minimum atomic E-state index is -0.534. The fourth-order valence-electron chi connectivity index (χ4n) is 2.26. The average Bonchev–Trinajstić information content (AvgIpc) is 2.26. The van der Waals surface area contributed by atoms with E-state index < -0.39 is 11.6 Å². The Morgan fingerprint density at radius 3 is 2.53 bits per heavy atom. The van der Waals surface area contributed by atoms with Crippen LogP contribution >= 0.6 is 0 Å². The molecule has 1 aliphatic rings. The van der Waals surface area contributed by atoms with E-state index in [2.05, 4.69) is 0 Å². The summed E-state index contributed by atoms with van der Waals surface area (Å²) in [6, 6.07) is -0.462. The van der Waals surface area contributed by atoms with Crippen LogP contribution in [0.3, 0.4) is 0 Å². The summed E-state index contributed by atoms with van der Waals surface area (Å²) in [5.41, 5.74) is 5.33. The molecule has 0 spiro atoms. The molecule has 2 unspecified atom stereocenters. The van der Waals surface area contributed by atoms with E-state index in [0.29, 0.717) is 6.42 Å². The molecule has 0 aromatic rings. The van der Waals surface area contributed by atoms with Crippen molar-refractivity contribution < 1.29 is 14.3 Å². The summed E-state index contributed by atoms with van der Waals surface area (Å²) in [6.07, 6.45) is 3.60. The van der Waals surface area contributed by atoms with Crippen molar-refractivity contribution in [3.8, 4) is 0 Å². The van der Waals surface area contributed by atoms with Gasteiger partial charge in [-0.1, -0.05) is 12.8 Å². The van der Waals surface area contributed by atoms with Crippen LogP contribution in [0.25, 0.3) is 0 Å². The molecule has 2 N–H and O–H groups in total. The highest BCUT2D eigenvalue weighted by molar-refractivity contribution is 5.86. The molecule has 1 heterocycles. The first-order chi connectivity index (χ1) is 8.70. The molecular weight excluding hydrogens is 244 g/mol. The molecule has 5 heteroatoms. The quantitative estimate of drug-likeness (QED) is 0.771. The maximum Gasteiger partial charge on any atom is 0.326 e. The number of amides is 1. The molecule has 1 amide bonds. The van der Waals surface area contributed by atoms with Crippen LogP contribution in [-0.4, -0.2) is 41.0 Å². The highest BCUT2D eigenvalue weighted by atomic mass is 16.6. The van der Waals surface area contributed by atoms with Crippen molar-refractivity contribution in [2.24, 2.45) is 5.73 Å². The van der Waals surface area contributed by atoms with Crippen LogP contribution in [0.15, 0.2) is 0 Å². The lowest BCUT2D eigenvalue weighted by molar-refractivity contribution is -0.160. The maximum absolute atomic E-state index is 12.2. The summed E-state index contributed by atoms with van der Waals surface area (Å²) in [7, 11) is 0. The van der Waals surface area contributed by atoms with E-state index in [9.17, 15) is 9.59 Å². The van der Waals surface area contributed by atoms with Crippen molar-refractivity contribution in [1.29, 1.82) is 0 Å². The minimum absolute atomic E-state index is 0.00896. The molecule has 1 aliphatic heterocycles. The predicted octanol–water partition coefficient (Wildman–Crippen LogP) is 1.45. The van der Waals surface area contributed by atoms with Gasteiger partial charge in [0.1, 0.15) is 12.1 Å². The summed E-state index contributed by atoms with van der Waals surface area (Å²) in [5.74, 6) is -0.515. The molecule has 110 valence electrons. The van der Waals surface area contributed by atoms with Crippen LogP contribution in [0, 0.1) is 0 Å². The van der Waals surface area contributed by atoms with Crippen LogP contribution in [0.1, 0.15) is 53.4 Å². The molecule has 2 atom stereocenters. The van der Waals surface area contributed by atoms with E-state index in [1.54, 1.807) is 4.90 Å². The summed E-state index contributed by atoms with van der Waals surface area (Å²) in [5, 5.41) is 0. The normalized spacial score (nSPS) is 25.7. The van der Waals surface area contributed by atoms with E-state index >= 15 is 0 Å². The van der Waals surface area contributed by atoms with Crippen molar-refractivity contribution >= 4 is 11.9 Å². The van der Waals surface area contributed by atoms with Crippen LogP contribution in [-0.2, 0) is 14.3 Å². The van der Waals surface area contributed by atoms with Gasteiger partial charge < -0.3 is 15.4 Å². The highest BCUT2D eigenvalue weighted by Crippen LogP contribution is 2.17. The molecule has 0 aliphatic carbocycles. The van der Waals surface area contributed by atoms with Gasteiger partial charge in [0.25, 0.3) is 0 Å². The molecule has 1 saturated heterocycles. The monoisotopic (exact) mass is 270 g/mol. The zero-order valence-corrected chi connectivity index (χ0v) is 12.4. The van der Waals surface area contributed by atoms with Crippen molar-refractivity contribution in [2.45, 2.75) is 71.1 Å². The molecule has 0 saturated carbocycles. The number of likely N-dealkylation sites (tertiary alicyclic amines) is 1. The third-order valence-corrected chi connectivity index (χ3v) is 3.24. The van der Waals surface area contributed by atoms with Gasteiger partial charge in [-0.3, -0.25) is 9.59 Å². The van der Waals surface area contributed by atoms with E-state index in [0.717, 1.165) is 19.3 Å². The topological polar surface area (TPSA) is 72.6 Å². The molecule has 1 fully saturated rings. The lowest BCUT2D eigenvalue weighted by Gasteiger charge is -2.33. The Hall–Kier alpha value is -1.10. The Labute approximate surface area is 115 Å². The Bertz CT molecular complexity index is 336. The number of rotatable bonds is 2. The number of carbonyl (C=O) groups excluding carboxylic acids is 2. The number of hydrogen-bond donors (Lipinski definition) is 1. The van der Waals surface area contributed by atoms with Gasteiger partial charge in [0.05, 0.1) is 6.04 Å². The number of nitrogens with two attached hydrogens (primary N) is 1. The summed E-state index contributed by atoms with van der Waals surface area (Å²) < 4.78 is 5.27. The van der Waals surface area contributed by atoms with Crippen molar-refractivity contribution in [2.75, 3.05) is 6.54 Å². The second kappa shape index (κ2) is 6.37. The molecule has 0 aromatic carbocycles. The number of nitrogens with zero attached hydrogens (tertiary/aromatic N) is 1. The van der Waals surface area contributed by atoms with Crippen LogP contribution in [0.5, 0.6) is 0 Å². The fourth-order valence-corrected chi connectivity index (χ4v) is 2.26. The number of ether oxygens (including phenoxy) is 1. The van der Waals surface area contributed by atoms with E-state index in [4.69, 9.17) is 10.5 Å². The van der Waals surface area contributed by atoms with Gasteiger partial charge >= 0.3 is 5.97 Å². The Morgan fingerprint density at radius 1 is 1.37 bits per heavy atom. The fraction of sp³-hybridized carbons (Fsp3) is 0.857. The Kier molecular flexibility index (Phi) is 5.35. The Morgan fingerprint density at radius 2 is 1.95 bits per heavy atom.